The number of carbonyl (C=O) groups is 1. The molecule has 1 aromatic carbocycles. The van der Waals surface area contributed by atoms with E-state index in [0.717, 1.165) is 50.1 Å². The highest BCUT2D eigenvalue weighted by atomic mass is 35.5. The van der Waals surface area contributed by atoms with E-state index in [0.29, 0.717) is 57.2 Å². The number of aromatic nitrogens is 2. The first kappa shape index (κ1) is 24.5. The van der Waals surface area contributed by atoms with E-state index in [4.69, 9.17) is 37.2 Å². The van der Waals surface area contributed by atoms with Crippen LogP contribution < -0.4 is 9.64 Å². The van der Waals surface area contributed by atoms with Crippen molar-refractivity contribution in [3.05, 3.63) is 57.4 Å². The van der Waals surface area contributed by atoms with Crippen LogP contribution in [-0.4, -0.2) is 47.5 Å². The van der Waals surface area contributed by atoms with Gasteiger partial charge < -0.3 is 24.0 Å². The molecule has 0 unspecified atom stereocenters. The quantitative estimate of drug-likeness (QED) is 0.366. The van der Waals surface area contributed by atoms with E-state index in [-0.39, 0.29) is 11.7 Å². The van der Waals surface area contributed by atoms with Crippen molar-refractivity contribution >= 4 is 35.0 Å². The summed E-state index contributed by atoms with van der Waals surface area (Å²) in [6.07, 6.45) is 5.60. The summed E-state index contributed by atoms with van der Waals surface area (Å²) < 4.78 is 17.7. The molecule has 6 rings (SSSR count). The SMILES string of the molecule is COc1cc(C(=O)O)cnc1N1C[C@H]2C[C@H](OCc3c(-c4c(Cl)cccc4Cl)noc3C3CC3)C[C@H]2C1. The van der Waals surface area contributed by atoms with Gasteiger partial charge in [0.25, 0.3) is 0 Å². The molecule has 0 bridgehead atoms. The number of aromatic carboxylic acids is 1. The van der Waals surface area contributed by atoms with Gasteiger partial charge in [-0.25, -0.2) is 9.78 Å². The van der Waals surface area contributed by atoms with Gasteiger partial charge in [-0.15, -0.1) is 0 Å². The van der Waals surface area contributed by atoms with Gasteiger partial charge in [-0.3, -0.25) is 0 Å². The molecular formula is C27H27Cl2N3O5. The van der Waals surface area contributed by atoms with Crippen molar-refractivity contribution in [2.75, 3.05) is 25.1 Å². The van der Waals surface area contributed by atoms with Crippen LogP contribution in [0.15, 0.2) is 35.0 Å². The van der Waals surface area contributed by atoms with Crippen LogP contribution in [0.4, 0.5) is 5.82 Å². The minimum absolute atomic E-state index is 0.116. The average molecular weight is 544 g/mol. The molecule has 0 radical (unpaired) electrons. The van der Waals surface area contributed by atoms with Crippen LogP contribution >= 0.6 is 23.2 Å². The van der Waals surface area contributed by atoms with Gasteiger partial charge in [0.1, 0.15) is 11.5 Å². The number of hydrogen-bond donors (Lipinski definition) is 1. The number of halogens is 2. The number of methoxy groups -OCH3 is 1. The Morgan fingerprint density at radius 3 is 2.51 bits per heavy atom. The van der Waals surface area contributed by atoms with Crippen LogP contribution in [0.3, 0.4) is 0 Å². The zero-order chi connectivity index (χ0) is 25.7. The smallest absolute Gasteiger partial charge is 0.337 e. The predicted octanol–water partition coefficient (Wildman–Crippen LogP) is 6.06. The standard InChI is InChI=1S/C27H27Cl2N3O5/c1-35-22-9-15(27(33)34)10-30-26(22)32-11-16-7-18(8-17(16)12-32)36-13-19-24(31-37-25(19)14-5-6-14)23-20(28)3-2-4-21(23)29/h2-4,9-10,14,16-18H,5-8,11-13H2,1H3,(H,33,34)/t16-,17+,18+. The van der Waals surface area contributed by atoms with E-state index < -0.39 is 5.97 Å². The molecule has 3 heterocycles. The number of rotatable bonds is 8. The maximum atomic E-state index is 11.3. The van der Waals surface area contributed by atoms with Crippen LogP contribution in [0, 0.1) is 11.8 Å². The van der Waals surface area contributed by atoms with Crippen LogP contribution in [0.1, 0.15) is 53.3 Å². The summed E-state index contributed by atoms with van der Waals surface area (Å²) in [7, 11) is 1.54. The minimum Gasteiger partial charge on any atom is -0.493 e. The van der Waals surface area contributed by atoms with E-state index >= 15 is 0 Å². The van der Waals surface area contributed by atoms with Gasteiger partial charge in [0.05, 0.1) is 35.4 Å². The Hall–Kier alpha value is -2.81. The Bertz CT molecular complexity index is 1310. The van der Waals surface area contributed by atoms with Crippen molar-refractivity contribution < 1.29 is 23.9 Å². The topological polar surface area (TPSA) is 97.9 Å². The van der Waals surface area contributed by atoms with Gasteiger partial charge in [0.2, 0.25) is 0 Å². The molecule has 3 atom stereocenters. The highest BCUT2D eigenvalue weighted by molar-refractivity contribution is 6.39. The van der Waals surface area contributed by atoms with Crippen LogP contribution in [-0.2, 0) is 11.3 Å². The molecule has 1 saturated heterocycles. The van der Waals surface area contributed by atoms with E-state index in [9.17, 15) is 9.90 Å². The molecule has 0 amide bonds. The van der Waals surface area contributed by atoms with Crippen LogP contribution in [0.5, 0.6) is 5.75 Å². The van der Waals surface area contributed by atoms with Crippen molar-refractivity contribution in [3.63, 3.8) is 0 Å². The van der Waals surface area contributed by atoms with Gasteiger partial charge in [0.15, 0.2) is 11.6 Å². The average Bonchev–Trinajstić information content (AvgIpc) is 3.35. The number of anilines is 1. The Morgan fingerprint density at radius 2 is 1.89 bits per heavy atom. The number of ether oxygens (including phenoxy) is 2. The first-order valence-electron chi connectivity index (χ1n) is 12.5. The fourth-order valence-electron chi connectivity index (χ4n) is 5.74. The third-order valence-electron chi connectivity index (χ3n) is 7.74. The lowest BCUT2D eigenvalue weighted by Crippen LogP contribution is -2.25. The summed E-state index contributed by atoms with van der Waals surface area (Å²) >= 11 is 13.0. The maximum absolute atomic E-state index is 11.3. The Morgan fingerprint density at radius 1 is 1.19 bits per heavy atom. The summed E-state index contributed by atoms with van der Waals surface area (Å²) in [6, 6.07) is 6.96. The van der Waals surface area contributed by atoms with Crippen molar-refractivity contribution in [1.82, 2.24) is 10.1 Å². The molecule has 194 valence electrons. The Labute approximate surface area is 224 Å². The molecule has 1 aliphatic heterocycles. The second-order valence-electron chi connectivity index (χ2n) is 10.1. The number of fused-ring (bicyclic) bond motifs is 1. The normalized spacial score (nSPS) is 22.9. The largest absolute Gasteiger partial charge is 0.493 e. The Kier molecular flexibility index (Phi) is 6.51. The molecule has 3 aromatic rings. The van der Waals surface area contributed by atoms with E-state index in [2.05, 4.69) is 15.0 Å². The third-order valence-corrected chi connectivity index (χ3v) is 8.37. The van der Waals surface area contributed by atoms with Gasteiger partial charge >= 0.3 is 5.97 Å². The van der Waals surface area contributed by atoms with E-state index in [1.54, 1.807) is 0 Å². The first-order chi connectivity index (χ1) is 17.9. The van der Waals surface area contributed by atoms with E-state index in [1.807, 2.05) is 18.2 Å². The van der Waals surface area contributed by atoms with Gasteiger partial charge in [-0.05, 0) is 49.7 Å². The number of pyridine rings is 1. The lowest BCUT2D eigenvalue weighted by Gasteiger charge is -2.22. The molecule has 3 aliphatic rings. The fraction of sp³-hybridized carbons (Fsp3) is 0.444. The zero-order valence-electron chi connectivity index (χ0n) is 20.3. The van der Waals surface area contributed by atoms with Gasteiger partial charge in [0, 0.05) is 42.4 Å². The van der Waals surface area contributed by atoms with Crippen molar-refractivity contribution in [3.8, 4) is 17.0 Å². The third kappa shape index (κ3) is 4.67. The number of nitrogens with zero attached hydrogens (tertiary/aromatic N) is 3. The lowest BCUT2D eigenvalue weighted by atomic mass is 10.0. The molecule has 0 spiro atoms. The fourth-order valence-corrected chi connectivity index (χ4v) is 6.32. The van der Waals surface area contributed by atoms with Crippen LogP contribution in [0.2, 0.25) is 10.0 Å². The summed E-state index contributed by atoms with van der Waals surface area (Å²) in [5, 5.41) is 14.7. The lowest BCUT2D eigenvalue weighted by molar-refractivity contribution is 0.0402. The number of carboxylic acid groups (broad SMARTS) is 1. The number of hydrogen-bond acceptors (Lipinski definition) is 7. The molecule has 2 aromatic heterocycles. The van der Waals surface area contributed by atoms with Gasteiger partial charge in [-0.1, -0.05) is 34.4 Å². The molecule has 1 N–H and O–H groups in total. The molecule has 3 fully saturated rings. The highest BCUT2D eigenvalue weighted by Gasteiger charge is 2.43. The summed E-state index contributed by atoms with van der Waals surface area (Å²) in [4.78, 5) is 17.9. The molecule has 2 saturated carbocycles. The monoisotopic (exact) mass is 543 g/mol. The van der Waals surface area contributed by atoms with Crippen molar-refractivity contribution in [2.45, 2.75) is 44.3 Å². The molecule has 2 aliphatic carbocycles. The molecule has 37 heavy (non-hydrogen) atoms. The highest BCUT2D eigenvalue weighted by Crippen LogP contribution is 2.47. The summed E-state index contributed by atoms with van der Waals surface area (Å²) in [5.41, 5.74) is 2.42. The predicted molar refractivity (Wildman–Crippen MR) is 139 cm³/mol. The zero-order valence-corrected chi connectivity index (χ0v) is 21.8. The number of carboxylic acids is 1. The van der Waals surface area contributed by atoms with Crippen LogP contribution in [0.25, 0.3) is 11.3 Å². The molecule has 10 heteroatoms. The summed E-state index contributed by atoms with van der Waals surface area (Å²) in [5.74, 6) is 2.37. The van der Waals surface area contributed by atoms with Crippen molar-refractivity contribution in [1.29, 1.82) is 0 Å². The first-order valence-corrected chi connectivity index (χ1v) is 13.2. The second-order valence-corrected chi connectivity index (χ2v) is 10.9. The van der Waals surface area contributed by atoms with Crippen molar-refractivity contribution in [2.24, 2.45) is 11.8 Å². The Balaban J connectivity index is 1.14. The van der Waals surface area contributed by atoms with E-state index in [1.165, 1.54) is 19.4 Å². The maximum Gasteiger partial charge on any atom is 0.337 e. The summed E-state index contributed by atoms with van der Waals surface area (Å²) in [6.45, 7) is 2.08. The number of benzene rings is 1. The molecule has 8 nitrogen and oxygen atoms in total. The van der Waals surface area contributed by atoms with Gasteiger partial charge in [-0.2, -0.15) is 0 Å². The molecular weight excluding hydrogens is 517 g/mol. The second kappa shape index (κ2) is 9.82. The minimum atomic E-state index is -1.02.